The van der Waals surface area contributed by atoms with Crippen LogP contribution in [0.25, 0.3) is 10.9 Å². The lowest BCUT2D eigenvalue weighted by molar-refractivity contribution is 0.115. The molecule has 0 amide bonds. The van der Waals surface area contributed by atoms with E-state index < -0.39 is 0 Å². The van der Waals surface area contributed by atoms with Crippen LogP contribution in [0.2, 0.25) is 5.02 Å². The smallest absolute Gasteiger partial charge is 0.144 e. The molecule has 2 heterocycles. The first kappa shape index (κ1) is 20.3. The molecule has 3 N–H and O–H groups in total. The van der Waals surface area contributed by atoms with Crippen molar-refractivity contribution < 1.29 is 4.74 Å². The predicted octanol–water partition coefficient (Wildman–Crippen LogP) is 4.87. The molecular formula is C23H24ClN5O. The van der Waals surface area contributed by atoms with E-state index in [1.54, 1.807) is 6.20 Å². The summed E-state index contributed by atoms with van der Waals surface area (Å²) in [7, 11) is 2.12. The number of likely N-dealkylation sites (tertiary alicyclic amines) is 1. The first-order valence-electron chi connectivity index (χ1n) is 9.95. The normalized spacial score (nSPS) is 15.1. The van der Waals surface area contributed by atoms with Gasteiger partial charge in [0.15, 0.2) is 0 Å². The van der Waals surface area contributed by atoms with Crippen LogP contribution in [0.15, 0.2) is 36.5 Å². The van der Waals surface area contributed by atoms with E-state index in [2.05, 4.69) is 28.3 Å². The molecule has 4 rings (SSSR count). The molecule has 6 nitrogen and oxygen atoms in total. The summed E-state index contributed by atoms with van der Waals surface area (Å²) in [5.74, 6) is 0.638. The number of anilines is 3. The second kappa shape index (κ2) is 8.39. The van der Waals surface area contributed by atoms with Crippen molar-refractivity contribution in [3.63, 3.8) is 0 Å². The molecule has 1 saturated heterocycles. The van der Waals surface area contributed by atoms with E-state index in [1.165, 1.54) is 0 Å². The maximum atomic E-state index is 9.60. The number of hydrogen-bond donors (Lipinski definition) is 2. The largest absolute Gasteiger partial charge is 0.488 e. The SMILES string of the molecule is Cc1ccc(Nc2c(C#N)cnc3cc(OC4CCN(C)CC4)c(N)cc23)cc1Cl. The summed E-state index contributed by atoms with van der Waals surface area (Å²) in [5, 5.41) is 14.3. The Kier molecular flexibility index (Phi) is 5.67. The van der Waals surface area contributed by atoms with Gasteiger partial charge in [-0.1, -0.05) is 17.7 Å². The van der Waals surface area contributed by atoms with Crippen molar-refractivity contribution in [3.05, 3.63) is 52.7 Å². The monoisotopic (exact) mass is 421 g/mol. The molecule has 3 aromatic rings. The molecule has 1 aliphatic rings. The number of pyridine rings is 1. The Morgan fingerprint density at radius 2 is 2.03 bits per heavy atom. The van der Waals surface area contributed by atoms with Gasteiger partial charge in [-0.05, 0) is 50.6 Å². The zero-order valence-electron chi connectivity index (χ0n) is 17.1. The van der Waals surface area contributed by atoms with Gasteiger partial charge in [0, 0.05) is 41.4 Å². The van der Waals surface area contributed by atoms with E-state index in [1.807, 2.05) is 37.3 Å². The Labute approximate surface area is 181 Å². The van der Waals surface area contributed by atoms with Crippen LogP contribution in [0.3, 0.4) is 0 Å². The summed E-state index contributed by atoms with van der Waals surface area (Å²) in [5.41, 5.74) is 10.4. The van der Waals surface area contributed by atoms with E-state index in [0.29, 0.717) is 33.2 Å². The molecule has 0 unspecified atom stereocenters. The van der Waals surface area contributed by atoms with Crippen LogP contribution >= 0.6 is 11.6 Å². The summed E-state index contributed by atoms with van der Waals surface area (Å²) in [6.07, 6.45) is 3.65. The van der Waals surface area contributed by atoms with Crippen LogP contribution in [0.1, 0.15) is 24.0 Å². The highest BCUT2D eigenvalue weighted by molar-refractivity contribution is 6.31. The number of halogens is 1. The summed E-state index contributed by atoms with van der Waals surface area (Å²) < 4.78 is 6.19. The van der Waals surface area contributed by atoms with Gasteiger partial charge in [0.05, 0.1) is 22.5 Å². The third-order valence-electron chi connectivity index (χ3n) is 5.52. The van der Waals surface area contributed by atoms with E-state index in [-0.39, 0.29) is 6.10 Å². The Balaban J connectivity index is 1.70. The fourth-order valence-corrected chi connectivity index (χ4v) is 3.84. The first-order chi connectivity index (χ1) is 14.4. The molecule has 1 aromatic heterocycles. The molecule has 0 atom stereocenters. The van der Waals surface area contributed by atoms with Crippen LogP contribution in [0.4, 0.5) is 17.1 Å². The molecule has 0 spiro atoms. The van der Waals surface area contributed by atoms with Gasteiger partial charge in [-0.15, -0.1) is 0 Å². The Bertz CT molecular complexity index is 1130. The fourth-order valence-electron chi connectivity index (χ4n) is 3.66. The molecule has 154 valence electrons. The number of piperidine rings is 1. The molecule has 0 radical (unpaired) electrons. The average Bonchev–Trinajstić information content (AvgIpc) is 2.73. The Morgan fingerprint density at radius 3 is 2.73 bits per heavy atom. The van der Waals surface area contributed by atoms with Gasteiger partial charge in [0.1, 0.15) is 17.9 Å². The maximum Gasteiger partial charge on any atom is 0.144 e. The molecule has 7 heteroatoms. The molecule has 30 heavy (non-hydrogen) atoms. The van der Waals surface area contributed by atoms with Crippen molar-refractivity contribution in [1.29, 1.82) is 5.26 Å². The Morgan fingerprint density at radius 1 is 1.27 bits per heavy atom. The summed E-state index contributed by atoms with van der Waals surface area (Å²) in [6, 6.07) is 11.6. The van der Waals surface area contributed by atoms with Crippen molar-refractivity contribution in [2.24, 2.45) is 0 Å². The molecular weight excluding hydrogens is 398 g/mol. The highest BCUT2D eigenvalue weighted by Crippen LogP contribution is 2.36. The van der Waals surface area contributed by atoms with Crippen molar-refractivity contribution in [2.75, 3.05) is 31.2 Å². The van der Waals surface area contributed by atoms with Crippen molar-refractivity contribution in [2.45, 2.75) is 25.9 Å². The standard InChI is InChI=1S/C23H24ClN5O/c1-14-3-4-16(9-19(14)24)28-23-15(12-25)13-27-21-11-22(20(26)10-18(21)23)30-17-5-7-29(2)8-6-17/h3-4,9-11,13,17H,5-8,26H2,1-2H3,(H,27,28). The Hall–Kier alpha value is -3.01. The van der Waals surface area contributed by atoms with Gasteiger partial charge in [0.2, 0.25) is 0 Å². The number of aromatic nitrogens is 1. The number of rotatable bonds is 4. The zero-order valence-corrected chi connectivity index (χ0v) is 17.8. The molecule has 0 aliphatic carbocycles. The fraction of sp³-hybridized carbons (Fsp3) is 0.304. The van der Waals surface area contributed by atoms with Gasteiger partial charge in [-0.3, -0.25) is 4.98 Å². The second-order valence-corrected chi connectivity index (χ2v) is 8.18. The van der Waals surface area contributed by atoms with E-state index in [0.717, 1.165) is 42.6 Å². The number of nitriles is 1. The van der Waals surface area contributed by atoms with Crippen LogP contribution < -0.4 is 15.8 Å². The molecule has 1 fully saturated rings. The minimum absolute atomic E-state index is 0.145. The first-order valence-corrected chi connectivity index (χ1v) is 10.3. The molecule has 0 bridgehead atoms. The van der Waals surface area contributed by atoms with Gasteiger partial charge < -0.3 is 20.7 Å². The number of hydrogen-bond acceptors (Lipinski definition) is 6. The zero-order chi connectivity index (χ0) is 21.3. The summed E-state index contributed by atoms with van der Waals surface area (Å²) in [4.78, 5) is 6.76. The minimum atomic E-state index is 0.145. The van der Waals surface area contributed by atoms with Crippen LogP contribution in [0.5, 0.6) is 5.75 Å². The quantitative estimate of drug-likeness (QED) is 0.584. The minimum Gasteiger partial charge on any atom is -0.488 e. The number of nitrogens with zero attached hydrogens (tertiary/aromatic N) is 3. The predicted molar refractivity (Wildman–Crippen MR) is 121 cm³/mol. The number of nitrogens with one attached hydrogen (secondary N) is 1. The number of fused-ring (bicyclic) bond motifs is 1. The molecule has 1 aliphatic heterocycles. The van der Waals surface area contributed by atoms with Crippen molar-refractivity contribution >= 4 is 39.6 Å². The number of ether oxygens (including phenoxy) is 1. The number of aryl methyl sites for hydroxylation is 1. The van der Waals surface area contributed by atoms with Crippen molar-refractivity contribution in [1.82, 2.24) is 9.88 Å². The number of nitrogens with two attached hydrogens (primary N) is 1. The van der Waals surface area contributed by atoms with Gasteiger partial charge in [-0.25, -0.2) is 0 Å². The number of nitrogen functional groups attached to an aromatic ring is 1. The highest BCUT2D eigenvalue weighted by Gasteiger charge is 2.20. The summed E-state index contributed by atoms with van der Waals surface area (Å²) in [6.45, 7) is 3.96. The number of benzene rings is 2. The molecule has 2 aromatic carbocycles. The van der Waals surface area contributed by atoms with Crippen LogP contribution in [-0.4, -0.2) is 36.1 Å². The van der Waals surface area contributed by atoms with Crippen molar-refractivity contribution in [3.8, 4) is 11.8 Å². The van der Waals surface area contributed by atoms with Crippen LogP contribution in [-0.2, 0) is 0 Å². The van der Waals surface area contributed by atoms with E-state index in [9.17, 15) is 5.26 Å². The topological polar surface area (TPSA) is 87.2 Å². The van der Waals surface area contributed by atoms with E-state index >= 15 is 0 Å². The summed E-state index contributed by atoms with van der Waals surface area (Å²) >= 11 is 6.26. The van der Waals surface area contributed by atoms with Crippen LogP contribution in [0, 0.1) is 18.3 Å². The highest BCUT2D eigenvalue weighted by atomic mass is 35.5. The second-order valence-electron chi connectivity index (χ2n) is 7.78. The third kappa shape index (κ3) is 4.13. The lowest BCUT2D eigenvalue weighted by atomic mass is 10.1. The van der Waals surface area contributed by atoms with E-state index in [4.69, 9.17) is 22.1 Å². The molecule has 0 saturated carbocycles. The van der Waals surface area contributed by atoms with Gasteiger partial charge in [-0.2, -0.15) is 5.26 Å². The lowest BCUT2D eigenvalue weighted by Crippen LogP contribution is -2.35. The lowest BCUT2D eigenvalue weighted by Gasteiger charge is -2.29. The average molecular weight is 422 g/mol. The van der Waals surface area contributed by atoms with Gasteiger partial charge in [0.25, 0.3) is 0 Å². The maximum absolute atomic E-state index is 9.60. The van der Waals surface area contributed by atoms with Gasteiger partial charge >= 0.3 is 0 Å². The third-order valence-corrected chi connectivity index (χ3v) is 5.93.